The van der Waals surface area contributed by atoms with E-state index in [1.54, 1.807) is 7.11 Å². The Kier molecular flexibility index (Phi) is 8.39. The molecule has 1 aliphatic carbocycles. The zero-order valence-electron chi connectivity index (χ0n) is 20.2. The fourth-order valence-electron chi connectivity index (χ4n) is 4.35. The fraction of sp³-hybridized carbons (Fsp3) is 0.458. The van der Waals surface area contributed by atoms with E-state index in [1.165, 1.54) is 17.6 Å². The Balaban J connectivity index is 1.31. The maximum absolute atomic E-state index is 12.8. The average molecular weight is 535 g/mol. The summed E-state index contributed by atoms with van der Waals surface area (Å²) in [6, 6.07) is 7.34. The van der Waals surface area contributed by atoms with Gasteiger partial charge in [0.25, 0.3) is 11.5 Å². The van der Waals surface area contributed by atoms with Gasteiger partial charge in [-0.15, -0.1) is 11.3 Å². The van der Waals surface area contributed by atoms with Crippen LogP contribution in [-0.4, -0.2) is 50.3 Å². The number of nitrogens with zero attached hydrogens (tertiary/aromatic N) is 1. The van der Waals surface area contributed by atoms with Gasteiger partial charge < -0.3 is 19.8 Å². The highest BCUT2D eigenvalue weighted by atomic mass is 32.2. The van der Waals surface area contributed by atoms with Gasteiger partial charge in [-0.2, -0.15) is 0 Å². The zero-order valence-corrected chi connectivity index (χ0v) is 21.8. The molecule has 0 radical (unpaired) electrons. The Labute approximate surface area is 213 Å². The van der Waals surface area contributed by atoms with Gasteiger partial charge in [-0.25, -0.2) is 18.1 Å². The average Bonchev–Trinajstić information content (AvgIpc) is 3.26. The number of fused-ring (bicyclic) bond motifs is 1. The Morgan fingerprint density at radius 3 is 2.75 bits per heavy atom. The van der Waals surface area contributed by atoms with Crippen LogP contribution in [0.25, 0.3) is 10.2 Å². The van der Waals surface area contributed by atoms with Crippen molar-refractivity contribution < 1.29 is 22.7 Å². The number of hydrogen-bond acceptors (Lipinski definition) is 8. The molecule has 0 aliphatic heterocycles. The summed E-state index contributed by atoms with van der Waals surface area (Å²) in [4.78, 5) is 32.8. The first-order valence-electron chi connectivity index (χ1n) is 11.7. The topological polar surface area (TPSA) is 139 Å². The van der Waals surface area contributed by atoms with Gasteiger partial charge in [0.2, 0.25) is 15.8 Å². The number of ether oxygens (including phenoxy) is 2. The molecule has 3 N–H and O–H groups in total. The highest BCUT2D eigenvalue weighted by molar-refractivity contribution is 7.88. The molecule has 36 heavy (non-hydrogen) atoms. The number of benzene rings is 1. The van der Waals surface area contributed by atoms with Crippen LogP contribution in [0.15, 0.2) is 34.4 Å². The number of H-pyrrole nitrogens is 1. The third-order valence-electron chi connectivity index (χ3n) is 6.16. The van der Waals surface area contributed by atoms with Crippen LogP contribution in [0.4, 0.5) is 0 Å². The van der Waals surface area contributed by atoms with Gasteiger partial charge in [0, 0.05) is 24.8 Å². The number of carbonyl (C=O) groups excluding carboxylic acids is 1. The summed E-state index contributed by atoms with van der Waals surface area (Å²) in [7, 11) is -1.61. The van der Waals surface area contributed by atoms with Gasteiger partial charge in [-0.1, -0.05) is 12.1 Å². The predicted octanol–water partition coefficient (Wildman–Crippen LogP) is 2.55. The minimum Gasteiger partial charge on any atom is -0.497 e. The normalized spacial score (nSPS) is 18.3. The molecule has 1 saturated carbocycles. The lowest BCUT2D eigenvalue weighted by atomic mass is 9.87. The number of rotatable bonds is 10. The molecule has 0 unspecified atom stereocenters. The second-order valence-electron chi connectivity index (χ2n) is 9.01. The van der Waals surface area contributed by atoms with E-state index in [1.807, 2.05) is 29.6 Å². The van der Waals surface area contributed by atoms with Gasteiger partial charge in [0.15, 0.2) is 0 Å². The number of nitrogens with one attached hydrogen (secondary N) is 3. The van der Waals surface area contributed by atoms with E-state index in [0.29, 0.717) is 28.5 Å². The number of sulfonamides is 1. The van der Waals surface area contributed by atoms with E-state index in [4.69, 9.17) is 9.47 Å². The fourth-order valence-corrected chi connectivity index (χ4v) is 6.12. The number of aromatic amines is 1. The Hall–Kier alpha value is -2.80. The lowest BCUT2D eigenvalue weighted by Gasteiger charge is -2.28. The van der Waals surface area contributed by atoms with Gasteiger partial charge >= 0.3 is 0 Å². The smallest absolute Gasteiger partial charge is 0.287 e. The number of aromatic nitrogens is 2. The molecule has 0 spiro atoms. The molecular formula is C24H30N4O6S2. The molecule has 0 atom stereocenters. The molecule has 4 rings (SSSR count). The van der Waals surface area contributed by atoms with Gasteiger partial charge in [-0.05, 0) is 54.7 Å². The Morgan fingerprint density at radius 2 is 2.03 bits per heavy atom. The number of methoxy groups -OCH3 is 1. The summed E-state index contributed by atoms with van der Waals surface area (Å²) < 4.78 is 36.6. The van der Waals surface area contributed by atoms with Crippen molar-refractivity contribution in [3.05, 3.63) is 57.0 Å². The molecule has 1 amide bonds. The monoisotopic (exact) mass is 534 g/mol. The van der Waals surface area contributed by atoms with E-state index in [-0.39, 0.29) is 30.6 Å². The quantitative estimate of drug-likeness (QED) is 0.363. The maximum Gasteiger partial charge on any atom is 0.287 e. The summed E-state index contributed by atoms with van der Waals surface area (Å²) >= 11 is 1.30. The summed E-state index contributed by atoms with van der Waals surface area (Å²) in [5.74, 6) is 0.539. The number of thiophene rings is 1. The SMILES string of the molecule is COc1cccc(CNC(=O)c2nc3scc(COCC4CCC(NS(C)(=O)=O)CC4)c3c(=O)[nH]2)c1. The third kappa shape index (κ3) is 6.90. The van der Waals surface area contributed by atoms with Crippen molar-refractivity contribution in [2.24, 2.45) is 5.92 Å². The molecule has 2 aromatic heterocycles. The first-order chi connectivity index (χ1) is 17.2. The van der Waals surface area contributed by atoms with Crippen LogP contribution in [0.1, 0.15) is 47.4 Å². The molecule has 2 heterocycles. The van der Waals surface area contributed by atoms with E-state index in [2.05, 4.69) is 20.0 Å². The van der Waals surface area contributed by atoms with Crippen LogP contribution in [0.5, 0.6) is 5.75 Å². The molecule has 0 saturated heterocycles. The van der Waals surface area contributed by atoms with Crippen LogP contribution in [0.3, 0.4) is 0 Å². The first-order valence-corrected chi connectivity index (χ1v) is 14.5. The number of carbonyl (C=O) groups is 1. The van der Waals surface area contributed by atoms with Crippen LogP contribution < -0.4 is 20.3 Å². The molecule has 10 nitrogen and oxygen atoms in total. The van der Waals surface area contributed by atoms with Crippen LogP contribution in [0, 0.1) is 5.92 Å². The second-order valence-corrected chi connectivity index (χ2v) is 11.7. The largest absolute Gasteiger partial charge is 0.497 e. The predicted molar refractivity (Wildman–Crippen MR) is 138 cm³/mol. The van der Waals surface area contributed by atoms with Crippen LogP contribution >= 0.6 is 11.3 Å². The van der Waals surface area contributed by atoms with E-state index < -0.39 is 15.9 Å². The van der Waals surface area contributed by atoms with Crippen molar-refractivity contribution >= 4 is 37.5 Å². The Morgan fingerprint density at radius 1 is 1.25 bits per heavy atom. The molecule has 194 valence electrons. The van der Waals surface area contributed by atoms with Crippen molar-refractivity contribution in [1.82, 2.24) is 20.0 Å². The summed E-state index contributed by atoms with van der Waals surface area (Å²) in [6.45, 7) is 1.08. The number of hydrogen-bond donors (Lipinski definition) is 3. The first kappa shape index (κ1) is 26.3. The van der Waals surface area contributed by atoms with Crippen molar-refractivity contribution in [2.45, 2.75) is 44.9 Å². The standard InChI is InChI=1S/C24H30N4O6S2/c1-33-19-5-3-4-16(10-19)11-25-23(30)21-26-22(29)20-17(14-35-24(20)27-21)13-34-12-15-6-8-18(9-7-15)28-36(2,31)32/h3-5,10,14-15,18,28H,6-9,11-13H2,1-2H3,(H,25,30)(H,26,27,29). The van der Waals surface area contributed by atoms with Crippen LogP contribution in [-0.2, 0) is 27.9 Å². The van der Waals surface area contributed by atoms with Gasteiger partial charge in [-0.3, -0.25) is 9.59 Å². The van der Waals surface area contributed by atoms with E-state index >= 15 is 0 Å². The highest BCUT2D eigenvalue weighted by Gasteiger charge is 2.23. The molecule has 0 bridgehead atoms. The second kappa shape index (κ2) is 11.5. The maximum atomic E-state index is 12.8. The summed E-state index contributed by atoms with van der Waals surface area (Å²) in [6.07, 6.45) is 4.52. The van der Waals surface area contributed by atoms with Gasteiger partial charge in [0.05, 0.1) is 25.4 Å². The molecule has 1 aromatic carbocycles. The number of amides is 1. The highest BCUT2D eigenvalue weighted by Crippen LogP contribution is 2.26. The molecule has 1 fully saturated rings. The van der Waals surface area contributed by atoms with Crippen molar-refractivity contribution in [2.75, 3.05) is 20.0 Å². The molecular weight excluding hydrogens is 504 g/mol. The van der Waals surface area contributed by atoms with Crippen molar-refractivity contribution in [3.63, 3.8) is 0 Å². The van der Waals surface area contributed by atoms with Gasteiger partial charge in [0.1, 0.15) is 10.6 Å². The third-order valence-corrected chi connectivity index (χ3v) is 7.84. The lowest BCUT2D eigenvalue weighted by molar-refractivity contribution is 0.0719. The lowest BCUT2D eigenvalue weighted by Crippen LogP contribution is -2.37. The summed E-state index contributed by atoms with van der Waals surface area (Å²) in [5.41, 5.74) is 1.22. The summed E-state index contributed by atoms with van der Waals surface area (Å²) in [5, 5.41) is 5.03. The zero-order chi connectivity index (χ0) is 25.7. The molecule has 1 aliphatic rings. The molecule has 12 heteroatoms. The van der Waals surface area contributed by atoms with Crippen molar-refractivity contribution in [3.8, 4) is 5.75 Å². The van der Waals surface area contributed by atoms with Crippen LogP contribution in [0.2, 0.25) is 0 Å². The van der Waals surface area contributed by atoms with Crippen molar-refractivity contribution in [1.29, 1.82) is 0 Å². The van der Waals surface area contributed by atoms with E-state index in [9.17, 15) is 18.0 Å². The van der Waals surface area contributed by atoms with E-state index in [0.717, 1.165) is 36.8 Å². The minimum atomic E-state index is -3.19. The minimum absolute atomic E-state index is 0.0105. The molecule has 3 aromatic rings. The Bertz CT molecular complexity index is 1380.